The molecule has 3 nitrogen and oxygen atoms in total. The second-order valence-electron chi connectivity index (χ2n) is 2.66. The fourth-order valence-corrected chi connectivity index (χ4v) is 0.943. The van der Waals surface area contributed by atoms with E-state index in [0.29, 0.717) is 5.69 Å². The molecule has 3 heteroatoms. The number of phenolic OH excluding ortho intramolecular Hbond substituents is 1. The highest BCUT2D eigenvalue weighted by atomic mass is 16.3. The summed E-state index contributed by atoms with van der Waals surface area (Å²) in [7, 11) is 0. The van der Waals surface area contributed by atoms with Crippen LogP contribution in [0.1, 0.15) is 11.1 Å². The maximum absolute atomic E-state index is 9.20. The number of aryl methyl sites for hydroxylation is 1. The lowest BCUT2D eigenvalue weighted by molar-refractivity contribution is 0.477. The molecule has 0 aromatic heterocycles. The van der Waals surface area contributed by atoms with E-state index in [0.717, 1.165) is 11.1 Å². The lowest BCUT2D eigenvalue weighted by atomic mass is 10.1. The number of nitrogens with two attached hydrogens (primary N) is 2. The van der Waals surface area contributed by atoms with E-state index in [1.807, 2.05) is 13.8 Å². The van der Waals surface area contributed by atoms with E-state index in [1.54, 1.807) is 6.07 Å². The van der Waals surface area contributed by atoms with Gasteiger partial charge >= 0.3 is 0 Å². The Bertz CT molecular complexity index is 268. The molecule has 0 heterocycles. The van der Waals surface area contributed by atoms with Gasteiger partial charge in [0.15, 0.2) is 0 Å². The van der Waals surface area contributed by atoms with E-state index in [4.69, 9.17) is 11.5 Å². The highest BCUT2D eigenvalue weighted by Gasteiger charge is 2.06. The first-order valence-corrected chi connectivity index (χ1v) is 3.38. The van der Waals surface area contributed by atoms with Gasteiger partial charge in [-0.2, -0.15) is 0 Å². The number of hydrogen-bond donors (Lipinski definition) is 3. The third-order valence-corrected chi connectivity index (χ3v) is 1.91. The fourth-order valence-electron chi connectivity index (χ4n) is 0.943. The van der Waals surface area contributed by atoms with Crippen LogP contribution in [0.15, 0.2) is 6.07 Å². The maximum atomic E-state index is 9.20. The van der Waals surface area contributed by atoms with Crippen LogP contribution in [-0.2, 0) is 0 Å². The summed E-state index contributed by atoms with van der Waals surface area (Å²) in [5.74, 6) is 0.0607. The first-order chi connectivity index (χ1) is 5.04. The van der Waals surface area contributed by atoms with Gasteiger partial charge in [-0.1, -0.05) is 0 Å². The van der Waals surface area contributed by atoms with Gasteiger partial charge in [-0.15, -0.1) is 0 Å². The van der Waals surface area contributed by atoms with Crippen LogP contribution in [0.4, 0.5) is 11.4 Å². The van der Waals surface area contributed by atoms with Crippen molar-refractivity contribution in [2.24, 2.45) is 0 Å². The predicted octanol–water partition coefficient (Wildman–Crippen LogP) is 1.17. The molecule has 0 unspecified atom stereocenters. The number of anilines is 2. The molecule has 0 spiro atoms. The van der Waals surface area contributed by atoms with Crippen LogP contribution in [0.25, 0.3) is 0 Å². The van der Waals surface area contributed by atoms with E-state index in [2.05, 4.69) is 0 Å². The third-order valence-electron chi connectivity index (χ3n) is 1.91. The van der Waals surface area contributed by atoms with Crippen molar-refractivity contribution < 1.29 is 5.11 Å². The molecule has 0 radical (unpaired) electrons. The lowest BCUT2D eigenvalue weighted by Gasteiger charge is -2.08. The molecule has 0 fully saturated rings. The number of rotatable bonds is 0. The number of hydrogen-bond acceptors (Lipinski definition) is 3. The number of aromatic hydroxyl groups is 1. The SMILES string of the molecule is Cc1cc(O)c(N)c(N)c1C. The van der Waals surface area contributed by atoms with Crippen molar-refractivity contribution in [3.63, 3.8) is 0 Å². The molecule has 0 aliphatic carbocycles. The van der Waals surface area contributed by atoms with E-state index in [1.165, 1.54) is 0 Å². The molecular weight excluding hydrogens is 140 g/mol. The molecule has 0 saturated heterocycles. The van der Waals surface area contributed by atoms with Gasteiger partial charge in [0, 0.05) is 0 Å². The highest BCUT2D eigenvalue weighted by Crippen LogP contribution is 2.31. The molecule has 0 aliphatic rings. The molecule has 60 valence electrons. The Morgan fingerprint density at radius 2 is 1.73 bits per heavy atom. The Morgan fingerprint density at radius 3 is 2.27 bits per heavy atom. The summed E-state index contributed by atoms with van der Waals surface area (Å²) in [5, 5.41) is 9.20. The van der Waals surface area contributed by atoms with Crippen molar-refractivity contribution in [2.75, 3.05) is 11.5 Å². The lowest BCUT2D eigenvalue weighted by Crippen LogP contribution is -1.99. The molecular formula is C8H12N2O. The van der Waals surface area contributed by atoms with Crippen LogP contribution in [0.2, 0.25) is 0 Å². The second kappa shape index (κ2) is 2.34. The minimum absolute atomic E-state index is 0.0607. The van der Waals surface area contributed by atoms with Gasteiger partial charge < -0.3 is 16.6 Å². The zero-order valence-corrected chi connectivity index (χ0v) is 6.68. The van der Waals surface area contributed by atoms with Gasteiger partial charge in [-0.25, -0.2) is 0 Å². The average Bonchev–Trinajstić information content (AvgIpc) is 1.97. The third kappa shape index (κ3) is 1.09. The smallest absolute Gasteiger partial charge is 0.140 e. The summed E-state index contributed by atoms with van der Waals surface area (Å²) in [6.45, 7) is 3.76. The molecule has 0 saturated carbocycles. The quantitative estimate of drug-likeness (QED) is 0.386. The second-order valence-corrected chi connectivity index (χ2v) is 2.66. The summed E-state index contributed by atoms with van der Waals surface area (Å²) in [4.78, 5) is 0. The largest absolute Gasteiger partial charge is 0.506 e. The monoisotopic (exact) mass is 152 g/mol. The fraction of sp³-hybridized carbons (Fsp3) is 0.250. The number of phenols is 1. The Morgan fingerprint density at radius 1 is 1.18 bits per heavy atom. The molecule has 1 aromatic rings. The average molecular weight is 152 g/mol. The molecule has 1 aromatic carbocycles. The Kier molecular flexibility index (Phi) is 1.64. The van der Waals surface area contributed by atoms with Gasteiger partial charge in [-0.3, -0.25) is 0 Å². The first-order valence-electron chi connectivity index (χ1n) is 3.38. The summed E-state index contributed by atoms with van der Waals surface area (Å²) in [6, 6.07) is 1.61. The minimum atomic E-state index is 0.0607. The topological polar surface area (TPSA) is 72.3 Å². The van der Waals surface area contributed by atoms with Crippen molar-refractivity contribution in [1.82, 2.24) is 0 Å². The van der Waals surface area contributed by atoms with Crippen molar-refractivity contribution in [1.29, 1.82) is 0 Å². The number of benzene rings is 1. The normalized spacial score (nSPS) is 10.0. The van der Waals surface area contributed by atoms with Gasteiger partial charge in [-0.05, 0) is 31.0 Å². The van der Waals surface area contributed by atoms with Crippen molar-refractivity contribution in [3.8, 4) is 5.75 Å². The number of nitrogen functional groups attached to an aromatic ring is 2. The highest BCUT2D eigenvalue weighted by molar-refractivity contribution is 5.75. The van der Waals surface area contributed by atoms with Crippen LogP contribution in [-0.4, -0.2) is 5.11 Å². The zero-order chi connectivity index (χ0) is 8.59. The molecule has 0 aliphatic heterocycles. The molecule has 0 bridgehead atoms. The Balaban J connectivity index is 3.46. The summed E-state index contributed by atoms with van der Waals surface area (Å²) < 4.78 is 0. The van der Waals surface area contributed by atoms with Gasteiger partial charge in [0.25, 0.3) is 0 Å². The zero-order valence-electron chi connectivity index (χ0n) is 6.68. The Labute approximate surface area is 65.6 Å². The van der Waals surface area contributed by atoms with Gasteiger partial charge in [0.2, 0.25) is 0 Å². The molecule has 11 heavy (non-hydrogen) atoms. The van der Waals surface area contributed by atoms with Crippen molar-refractivity contribution in [3.05, 3.63) is 17.2 Å². The minimum Gasteiger partial charge on any atom is -0.506 e. The summed E-state index contributed by atoms with van der Waals surface area (Å²) in [6.07, 6.45) is 0. The van der Waals surface area contributed by atoms with Crippen LogP contribution in [0.5, 0.6) is 5.75 Å². The molecule has 5 N–H and O–H groups in total. The molecule has 0 amide bonds. The van der Waals surface area contributed by atoms with Crippen LogP contribution in [0, 0.1) is 13.8 Å². The standard InChI is InChI=1S/C8H12N2O/c1-4-3-6(11)8(10)7(9)5(4)2/h3,11H,9-10H2,1-2H3. The molecule has 0 atom stereocenters. The molecule has 1 rings (SSSR count). The predicted molar refractivity (Wildman–Crippen MR) is 46.4 cm³/mol. The van der Waals surface area contributed by atoms with Crippen LogP contribution >= 0.6 is 0 Å². The van der Waals surface area contributed by atoms with E-state index < -0.39 is 0 Å². The van der Waals surface area contributed by atoms with E-state index in [-0.39, 0.29) is 11.4 Å². The first kappa shape index (κ1) is 7.72. The van der Waals surface area contributed by atoms with Crippen LogP contribution < -0.4 is 11.5 Å². The summed E-state index contributed by atoms with van der Waals surface area (Å²) in [5.41, 5.74) is 13.7. The Hall–Kier alpha value is -1.38. The van der Waals surface area contributed by atoms with Gasteiger partial charge in [0.05, 0.1) is 11.4 Å². The van der Waals surface area contributed by atoms with Gasteiger partial charge in [0.1, 0.15) is 5.75 Å². The summed E-state index contributed by atoms with van der Waals surface area (Å²) >= 11 is 0. The maximum Gasteiger partial charge on any atom is 0.140 e. The van der Waals surface area contributed by atoms with E-state index in [9.17, 15) is 5.11 Å². The van der Waals surface area contributed by atoms with E-state index >= 15 is 0 Å². The van der Waals surface area contributed by atoms with Crippen molar-refractivity contribution >= 4 is 11.4 Å². The van der Waals surface area contributed by atoms with Crippen molar-refractivity contribution in [2.45, 2.75) is 13.8 Å². The van der Waals surface area contributed by atoms with Crippen LogP contribution in [0.3, 0.4) is 0 Å².